The van der Waals surface area contributed by atoms with Gasteiger partial charge in [-0.25, -0.2) is 0 Å². The van der Waals surface area contributed by atoms with Crippen LogP contribution in [0, 0.1) is 0 Å². The number of nitrogens with two attached hydrogens (primary N) is 1. The number of ether oxygens (including phenoxy) is 1. The minimum absolute atomic E-state index is 0.376. The predicted molar refractivity (Wildman–Crippen MR) is 84.2 cm³/mol. The van der Waals surface area contributed by atoms with Crippen LogP contribution in [-0.2, 0) is 15.6 Å². The van der Waals surface area contributed by atoms with E-state index in [4.69, 9.17) is 9.29 Å². The largest absolute Gasteiger partial charge is 0.497 e. The first-order chi connectivity index (χ1) is 9.99. The quantitative estimate of drug-likeness (QED) is 0.378. The second-order valence-electron chi connectivity index (χ2n) is 4.59. The fraction of sp³-hybridized carbons (Fsp3) is 0.385. The van der Waals surface area contributed by atoms with Crippen molar-refractivity contribution >= 4 is 30.8 Å². The van der Waals surface area contributed by atoms with Crippen LogP contribution in [0.15, 0.2) is 24.4 Å². The normalized spacial score (nSPS) is 11.9. The molecule has 2 aromatic rings. The zero-order chi connectivity index (χ0) is 15.3. The van der Waals surface area contributed by atoms with Gasteiger partial charge in [0, 0.05) is 34.3 Å². The van der Waals surface area contributed by atoms with Crippen molar-refractivity contribution in [3.8, 4) is 5.75 Å². The Balaban J connectivity index is 1.83. The van der Waals surface area contributed by atoms with Gasteiger partial charge in [0.1, 0.15) is 5.75 Å². The van der Waals surface area contributed by atoms with Gasteiger partial charge in [0.15, 0.2) is 0 Å². The molecule has 0 unspecified atom stereocenters. The lowest BCUT2D eigenvalue weighted by atomic mass is 10.1. The highest BCUT2D eigenvalue weighted by Gasteiger charge is 2.07. The highest BCUT2D eigenvalue weighted by Crippen LogP contribution is 2.23. The average molecular weight is 331 g/mol. The first-order valence-electron chi connectivity index (χ1n) is 6.57. The van der Waals surface area contributed by atoms with Gasteiger partial charge in [0.2, 0.25) is 0 Å². The molecular weight excluding hydrogens is 312 g/mol. The van der Waals surface area contributed by atoms with E-state index < -0.39 is 9.15 Å². The van der Waals surface area contributed by atoms with E-state index >= 15 is 0 Å². The van der Waals surface area contributed by atoms with E-state index in [1.54, 1.807) is 7.11 Å². The molecule has 0 spiro atoms. The van der Waals surface area contributed by atoms with Crippen molar-refractivity contribution in [3.63, 3.8) is 0 Å². The number of methoxy groups -OCH3 is 1. The molecule has 2 rings (SSSR count). The molecule has 0 aliphatic rings. The molecule has 0 fully saturated rings. The van der Waals surface area contributed by atoms with Crippen molar-refractivity contribution < 1.29 is 23.0 Å². The van der Waals surface area contributed by atoms with E-state index in [1.165, 1.54) is 5.56 Å². The summed E-state index contributed by atoms with van der Waals surface area (Å²) in [5.41, 5.74) is 2.29. The lowest BCUT2D eigenvalue weighted by Gasteiger charge is -2.02. The van der Waals surface area contributed by atoms with Gasteiger partial charge >= 0.3 is 9.15 Å². The van der Waals surface area contributed by atoms with Crippen molar-refractivity contribution in [2.24, 2.45) is 0 Å². The average Bonchev–Trinajstić information content (AvgIpc) is 2.83. The summed E-state index contributed by atoms with van der Waals surface area (Å²) in [6.45, 7) is 1.51. The second-order valence-corrected chi connectivity index (χ2v) is 8.06. The monoisotopic (exact) mass is 331 g/mol. The SMILES string of the molecule is COc1ccc2[nH]cc(CC[NH2+]CCSS(=O)(=O)O)c2c1. The van der Waals surface area contributed by atoms with E-state index in [9.17, 15) is 8.42 Å². The van der Waals surface area contributed by atoms with Gasteiger partial charge in [-0.05, 0) is 23.8 Å². The number of fused-ring (bicyclic) bond motifs is 1. The number of H-pyrrole nitrogens is 1. The summed E-state index contributed by atoms with van der Waals surface area (Å²) in [5, 5.41) is 3.19. The van der Waals surface area contributed by atoms with E-state index in [-0.39, 0.29) is 0 Å². The molecule has 0 amide bonds. The van der Waals surface area contributed by atoms with E-state index in [1.807, 2.05) is 29.7 Å². The number of nitrogens with one attached hydrogen (secondary N) is 1. The Morgan fingerprint density at radius 1 is 1.38 bits per heavy atom. The predicted octanol–water partition coefficient (Wildman–Crippen LogP) is 0.818. The Labute approximate surface area is 127 Å². The van der Waals surface area contributed by atoms with Crippen LogP contribution in [0.3, 0.4) is 0 Å². The van der Waals surface area contributed by atoms with Crippen molar-refractivity contribution in [2.75, 3.05) is 26.0 Å². The van der Waals surface area contributed by atoms with Gasteiger partial charge in [0.05, 0.1) is 26.0 Å². The van der Waals surface area contributed by atoms with Gasteiger partial charge in [-0.1, -0.05) is 0 Å². The molecule has 21 heavy (non-hydrogen) atoms. The van der Waals surface area contributed by atoms with Crippen molar-refractivity contribution in [1.82, 2.24) is 4.98 Å². The van der Waals surface area contributed by atoms with Gasteiger partial charge < -0.3 is 15.0 Å². The van der Waals surface area contributed by atoms with Crippen molar-refractivity contribution in [2.45, 2.75) is 6.42 Å². The summed E-state index contributed by atoms with van der Waals surface area (Å²) in [7, 11) is -1.70. The van der Waals surface area contributed by atoms with E-state index in [0.717, 1.165) is 29.6 Å². The summed E-state index contributed by atoms with van der Waals surface area (Å²) in [6, 6.07) is 5.92. The van der Waals surface area contributed by atoms with Crippen LogP contribution in [0.1, 0.15) is 5.56 Å². The Bertz CT molecular complexity index is 697. The first kappa shape index (κ1) is 16.2. The standard InChI is InChI=1S/C13H18N2O4S2/c1-19-11-2-3-13-12(8-11)10(9-15-13)4-5-14-6-7-20-21(16,17)18/h2-3,8-9,14-15H,4-7H2,1H3,(H,16,17,18)/p+1. The van der Waals surface area contributed by atoms with Crippen LogP contribution in [0.5, 0.6) is 5.75 Å². The molecule has 6 nitrogen and oxygen atoms in total. The molecule has 1 aromatic carbocycles. The Hall–Kier alpha value is -1.22. The van der Waals surface area contributed by atoms with Crippen molar-refractivity contribution in [1.29, 1.82) is 0 Å². The maximum Gasteiger partial charge on any atom is 0.319 e. The number of rotatable bonds is 8. The lowest BCUT2D eigenvalue weighted by molar-refractivity contribution is -0.650. The number of hydrogen-bond donors (Lipinski definition) is 3. The lowest BCUT2D eigenvalue weighted by Crippen LogP contribution is -2.85. The van der Waals surface area contributed by atoms with Crippen molar-refractivity contribution in [3.05, 3.63) is 30.0 Å². The van der Waals surface area contributed by atoms with Gasteiger partial charge in [-0.3, -0.25) is 4.55 Å². The van der Waals surface area contributed by atoms with Crippen LogP contribution in [0.2, 0.25) is 0 Å². The van der Waals surface area contributed by atoms with Crippen LogP contribution in [-0.4, -0.2) is 43.9 Å². The number of hydrogen-bond acceptors (Lipinski definition) is 4. The molecule has 0 aliphatic heterocycles. The van der Waals surface area contributed by atoms with Crippen LogP contribution < -0.4 is 10.1 Å². The zero-order valence-electron chi connectivity index (χ0n) is 11.7. The first-order valence-corrected chi connectivity index (χ1v) is 9.51. The van der Waals surface area contributed by atoms with Gasteiger partial charge in [0.25, 0.3) is 0 Å². The second kappa shape index (κ2) is 7.17. The molecular formula is C13H19N2O4S2+. The number of aromatic amines is 1. The maximum atomic E-state index is 10.5. The molecule has 0 bridgehead atoms. The van der Waals surface area contributed by atoms with Gasteiger partial charge in [-0.2, -0.15) is 8.42 Å². The maximum absolute atomic E-state index is 10.5. The molecule has 1 heterocycles. The van der Waals surface area contributed by atoms with Crippen LogP contribution in [0.25, 0.3) is 10.9 Å². The molecule has 4 N–H and O–H groups in total. The Morgan fingerprint density at radius 3 is 2.90 bits per heavy atom. The molecule has 8 heteroatoms. The third-order valence-corrected chi connectivity index (χ3v) is 5.24. The summed E-state index contributed by atoms with van der Waals surface area (Å²) in [6.07, 6.45) is 2.87. The van der Waals surface area contributed by atoms with Crippen LogP contribution in [0.4, 0.5) is 0 Å². The minimum Gasteiger partial charge on any atom is -0.497 e. The summed E-state index contributed by atoms with van der Waals surface area (Å²) in [4.78, 5) is 3.23. The van der Waals surface area contributed by atoms with Crippen LogP contribution >= 0.6 is 10.8 Å². The summed E-state index contributed by atoms with van der Waals surface area (Å²) in [5.74, 6) is 1.21. The third-order valence-electron chi connectivity index (χ3n) is 3.15. The number of benzene rings is 1. The fourth-order valence-electron chi connectivity index (χ4n) is 2.13. The summed E-state index contributed by atoms with van der Waals surface area (Å²) >= 11 is 0. The zero-order valence-corrected chi connectivity index (χ0v) is 13.3. The molecule has 0 atom stereocenters. The smallest absolute Gasteiger partial charge is 0.319 e. The molecule has 0 aliphatic carbocycles. The molecule has 0 saturated heterocycles. The number of aromatic nitrogens is 1. The molecule has 0 saturated carbocycles. The summed E-state index contributed by atoms with van der Waals surface area (Å²) < 4.78 is 34.9. The van der Waals surface area contributed by atoms with E-state index in [0.29, 0.717) is 23.1 Å². The molecule has 1 aromatic heterocycles. The highest BCUT2D eigenvalue weighted by molar-refractivity contribution is 8.69. The Kier molecular flexibility index (Phi) is 5.51. The topological polar surface area (TPSA) is 96.0 Å². The number of quaternary nitrogens is 1. The minimum atomic E-state index is -3.91. The Morgan fingerprint density at radius 2 is 2.19 bits per heavy atom. The van der Waals surface area contributed by atoms with E-state index in [2.05, 4.69) is 4.98 Å². The molecule has 0 radical (unpaired) electrons. The van der Waals surface area contributed by atoms with Gasteiger partial charge in [-0.15, -0.1) is 0 Å². The fourth-order valence-corrected chi connectivity index (χ4v) is 3.52. The highest BCUT2D eigenvalue weighted by atomic mass is 33.1. The molecule has 116 valence electrons. The third kappa shape index (κ3) is 4.92.